The molecule has 0 aliphatic heterocycles. The molecule has 0 aliphatic rings. The van der Waals surface area contributed by atoms with Gasteiger partial charge >= 0.3 is 5.97 Å². The highest BCUT2D eigenvalue weighted by molar-refractivity contribution is 5.87. The summed E-state index contributed by atoms with van der Waals surface area (Å²) in [5.74, 6) is 0.0684. The van der Waals surface area contributed by atoms with E-state index in [-0.39, 0.29) is 5.69 Å². The number of para-hydroxylation sites is 1. The van der Waals surface area contributed by atoms with Crippen LogP contribution in [-0.2, 0) is 6.61 Å². The number of carbonyl (C=O) groups is 1. The zero-order valence-electron chi connectivity index (χ0n) is 13.7. The molecule has 0 unspecified atom stereocenters. The van der Waals surface area contributed by atoms with Crippen molar-refractivity contribution in [3.05, 3.63) is 65.9 Å². The average molecular weight is 338 g/mol. The predicted molar refractivity (Wildman–Crippen MR) is 92.9 cm³/mol. The van der Waals surface area contributed by atoms with Crippen molar-refractivity contribution in [1.29, 1.82) is 0 Å². The highest BCUT2D eigenvalue weighted by Crippen LogP contribution is 2.38. The van der Waals surface area contributed by atoms with E-state index in [1.807, 2.05) is 55.5 Å². The van der Waals surface area contributed by atoms with Gasteiger partial charge in [0.1, 0.15) is 12.3 Å². The summed E-state index contributed by atoms with van der Waals surface area (Å²) in [5, 5.41) is 15.7. The van der Waals surface area contributed by atoms with E-state index in [1.165, 1.54) is 6.07 Å². The molecule has 0 amide bonds. The lowest BCUT2D eigenvalue weighted by Crippen LogP contribution is -2.01. The number of H-pyrrole nitrogens is 1. The summed E-state index contributed by atoms with van der Waals surface area (Å²) in [6.45, 7) is 2.75. The minimum atomic E-state index is -1.06. The third kappa shape index (κ3) is 3.80. The number of aromatic carboxylic acids is 1. The first kappa shape index (κ1) is 16.6. The summed E-state index contributed by atoms with van der Waals surface area (Å²) < 4.78 is 11.7. The maximum atomic E-state index is 11.1. The van der Waals surface area contributed by atoms with E-state index < -0.39 is 5.97 Å². The number of hydrogen-bond acceptors (Lipinski definition) is 4. The molecule has 0 bridgehead atoms. The van der Waals surface area contributed by atoms with Gasteiger partial charge < -0.3 is 14.6 Å². The van der Waals surface area contributed by atoms with E-state index in [0.717, 1.165) is 5.56 Å². The largest absolute Gasteiger partial charge is 0.490 e. The van der Waals surface area contributed by atoms with Crippen molar-refractivity contribution in [2.24, 2.45) is 0 Å². The summed E-state index contributed by atoms with van der Waals surface area (Å²) in [5.41, 5.74) is 2.20. The molecule has 0 fully saturated rings. The van der Waals surface area contributed by atoms with Crippen LogP contribution in [0.15, 0.2) is 54.6 Å². The third-order valence-electron chi connectivity index (χ3n) is 3.59. The molecule has 6 nitrogen and oxygen atoms in total. The monoisotopic (exact) mass is 338 g/mol. The summed E-state index contributed by atoms with van der Waals surface area (Å²) in [6, 6.07) is 16.7. The summed E-state index contributed by atoms with van der Waals surface area (Å²) in [4.78, 5) is 11.1. The molecule has 6 heteroatoms. The van der Waals surface area contributed by atoms with Crippen molar-refractivity contribution < 1.29 is 19.4 Å². The topological polar surface area (TPSA) is 84.4 Å². The molecule has 0 saturated heterocycles. The number of aromatic nitrogens is 2. The van der Waals surface area contributed by atoms with E-state index in [4.69, 9.17) is 14.6 Å². The molecule has 2 N–H and O–H groups in total. The predicted octanol–water partition coefficient (Wildman–Crippen LogP) is 3.75. The molecule has 128 valence electrons. The third-order valence-corrected chi connectivity index (χ3v) is 3.59. The smallest absolute Gasteiger partial charge is 0.353 e. The normalized spacial score (nSPS) is 10.4. The second-order valence-corrected chi connectivity index (χ2v) is 5.31. The van der Waals surface area contributed by atoms with Crippen molar-refractivity contribution in [3.63, 3.8) is 0 Å². The van der Waals surface area contributed by atoms with Crippen LogP contribution in [0.4, 0.5) is 0 Å². The Balaban J connectivity index is 1.96. The van der Waals surface area contributed by atoms with Gasteiger partial charge in [0.05, 0.1) is 12.3 Å². The molecule has 0 saturated carbocycles. The van der Waals surface area contributed by atoms with Crippen LogP contribution in [0.3, 0.4) is 0 Å². The highest BCUT2D eigenvalue weighted by atomic mass is 16.5. The van der Waals surface area contributed by atoms with Gasteiger partial charge in [-0.1, -0.05) is 36.4 Å². The lowest BCUT2D eigenvalue weighted by Gasteiger charge is -2.15. The molecule has 0 radical (unpaired) electrons. The first-order valence-corrected chi connectivity index (χ1v) is 7.90. The number of nitrogens with zero attached hydrogens (tertiary/aromatic N) is 1. The number of aromatic amines is 1. The maximum absolute atomic E-state index is 11.1. The van der Waals surface area contributed by atoms with Crippen molar-refractivity contribution in [1.82, 2.24) is 10.2 Å². The Morgan fingerprint density at radius 3 is 2.60 bits per heavy atom. The van der Waals surface area contributed by atoms with Gasteiger partial charge in [0.15, 0.2) is 11.5 Å². The maximum Gasteiger partial charge on any atom is 0.353 e. The first-order chi connectivity index (χ1) is 12.2. The van der Waals surface area contributed by atoms with Crippen molar-refractivity contribution in [2.75, 3.05) is 6.61 Å². The molecule has 25 heavy (non-hydrogen) atoms. The molecular formula is C19H18N2O4. The average Bonchev–Trinajstić information content (AvgIpc) is 3.12. The van der Waals surface area contributed by atoms with Crippen LogP contribution < -0.4 is 9.47 Å². The van der Waals surface area contributed by atoms with Gasteiger partial charge in [-0.3, -0.25) is 5.10 Å². The van der Waals surface area contributed by atoms with Gasteiger partial charge in [-0.15, -0.1) is 0 Å². The Morgan fingerprint density at radius 1 is 1.12 bits per heavy atom. The highest BCUT2D eigenvalue weighted by Gasteiger charge is 2.17. The molecule has 3 aromatic rings. The number of ether oxygens (including phenoxy) is 2. The fourth-order valence-corrected chi connectivity index (χ4v) is 2.43. The van der Waals surface area contributed by atoms with E-state index in [0.29, 0.717) is 36.0 Å². The molecule has 0 atom stereocenters. The van der Waals surface area contributed by atoms with Gasteiger partial charge in [-0.2, -0.15) is 5.10 Å². The molecular weight excluding hydrogens is 320 g/mol. The number of benzene rings is 2. The van der Waals surface area contributed by atoms with Crippen LogP contribution in [0.2, 0.25) is 0 Å². The number of rotatable bonds is 7. The Bertz CT molecular complexity index is 859. The number of carboxylic acids is 1. The van der Waals surface area contributed by atoms with Crippen molar-refractivity contribution in [2.45, 2.75) is 13.5 Å². The second kappa shape index (κ2) is 7.53. The molecule has 2 aromatic carbocycles. The zero-order valence-corrected chi connectivity index (χ0v) is 13.7. The SMILES string of the molecule is CCOc1cccc(-c2cc(C(=O)O)[nH]n2)c1OCc1ccccc1. The molecule has 1 heterocycles. The summed E-state index contributed by atoms with van der Waals surface area (Å²) >= 11 is 0. The van der Waals surface area contributed by atoms with Gasteiger partial charge in [-0.25, -0.2) is 4.79 Å². The summed E-state index contributed by atoms with van der Waals surface area (Å²) in [6.07, 6.45) is 0. The number of hydrogen-bond donors (Lipinski definition) is 2. The van der Waals surface area contributed by atoms with Crippen LogP contribution in [0, 0.1) is 0 Å². The first-order valence-electron chi connectivity index (χ1n) is 7.90. The van der Waals surface area contributed by atoms with Crippen molar-refractivity contribution >= 4 is 5.97 Å². The van der Waals surface area contributed by atoms with Crippen LogP contribution in [0.5, 0.6) is 11.5 Å². The zero-order chi connectivity index (χ0) is 17.6. The van der Waals surface area contributed by atoms with Gasteiger partial charge in [-0.05, 0) is 30.7 Å². The lowest BCUT2D eigenvalue weighted by atomic mass is 10.1. The van der Waals surface area contributed by atoms with E-state index in [1.54, 1.807) is 0 Å². The second-order valence-electron chi connectivity index (χ2n) is 5.31. The van der Waals surface area contributed by atoms with Gasteiger partial charge in [0.25, 0.3) is 0 Å². The van der Waals surface area contributed by atoms with Crippen LogP contribution in [0.25, 0.3) is 11.3 Å². The minimum absolute atomic E-state index is 0.0193. The quantitative estimate of drug-likeness (QED) is 0.685. The van der Waals surface area contributed by atoms with Crippen LogP contribution in [-0.4, -0.2) is 27.9 Å². The Hall–Kier alpha value is -3.28. The Kier molecular flexibility index (Phi) is 4.99. The Labute approximate surface area is 145 Å². The number of carboxylic acid groups (broad SMARTS) is 1. The fraction of sp³-hybridized carbons (Fsp3) is 0.158. The Morgan fingerprint density at radius 2 is 1.92 bits per heavy atom. The molecule has 1 aromatic heterocycles. The van der Waals surface area contributed by atoms with Crippen molar-refractivity contribution in [3.8, 4) is 22.8 Å². The van der Waals surface area contributed by atoms with E-state index >= 15 is 0 Å². The van der Waals surface area contributed by atoms with E-state index in [9.17, 15) is 4.79 Å². The number of nitrogens with one attached hydrogen (secondary N) is 1. The fourth-order valence-electron chi connectivity index (χ4n) is 2.43. The van der Waals surface area contributed by atoms with Crippen LogP contribution in [0.1, 0.15) is 23.0 Å². The molecule has 0 aliphatic carbocycles. The summed E-state index contributed by atoms with van der Waals surface area (Å²) in [7, 11) is 0. The lowest BCUT2D eigenvalue weighted by molar-refractivity contribution is 0.0690. The molecule has 3 rings (SSSR count). The standard InChI is InChI=1S/C19H18N2O4/c1-2-24-17-10-6-9-14(15-11-16(19(22)23)21-20-15)18(17)25-12-13-7-4-3-5-8-13/h3-11H,2,12H2,1H3,(H,20,21)(H,22,23). The molecule has 0 spiro atoms. The van der Waals surface area contributed by atoms with Gasteiger partial charge in [0.2, 0.25) is 0 Å². The van der Waals surface area contributed by atoms with E-state index in [2.05, 4.69) is 10.2 Å². The van der Waals surface area contributed by atoms with Crippen LogP contribution >= 0.6 is 0 Å². The van der Waals surface area contributed by atoms with Gasteiger partial charge in [0, 0.05) is 5.56 Å². The minimum Gasteiger partial charge on any atom is -0.490 e.